The molecule has 1 atom stereocenters. The van der Waals surface area contributed by atoms with E-state index in [0.29, 0.717) is 26.2 Å². The lowest BCUT2D eigenvalue weighted by Crippen LogP contribution is -2.44. The minimum atomic E-state index is -0.157. The van der Waals surface area contributed by atoms with Crippen LogP contribution in [0.25, 0.3) is 10.9 Å². The number of fused-ring (bicyclic) bond motifs is 1. The Morgan fingerprint density at radius 3 is 3.12 bits per heavy atom. The molecule has 124 valence electrons. The quantitative estimate of drug-likeness (QED) is 0.803. The number of ether oxygens (including phenoxy) is 1. The Kier molecular flexibility index (Phi) is 3.82. The van der Waals surface area contributed by atoms with Crippen molar-refractivity contribution in [3.8, 4) is 0 Å². The number of aromatic nitrogens is 2. The number of hydrogen-bond acceptors (Lipinski definition) is 4. The highest BCUT2D eigenvalue weighted by atomic mass is 16.5. The third-order valence-electron chi connectivity index (χ3n) is 4.40. The van der Waals surface area contributed by atoms with E-state index in [2.05, 4.69) is 10.2 Å². The maximum absolute atomic E-state index is 12.8. The Bertz CT molecular complexity index is 867. The number of nitrogens with one attached hydrogen (secondary N) is 1. The number of benzene rings is 1. The molecule has 6 nitrogen and oxygen atoms in total. The van der Waals surface area contributed by atoms with E-state index < -0.39 is 0 Å². The zero-order chi connectivity index (χ0) is 16.5. The molecule has 24 heavy (non-hydrogen) atoms. The lowest BCUT2D eigenvalue weighted by atomic mass is 10.1. The summed E-state index contributed by atoms with van der Waals surface area (Å²) in [6, 6.07) is 9.61. The minimum absolute atomic E-state index is 0.0798. The maximum atomic E-state index is 12.8. The van der Waals surface area contributed by atoms with Crippen molar-refractivity contribution in [3.63, 3.8) is 0 Å². The Morgan fingerprint density at radius 1 is 1.38 bits per heavy atom. The van der Waals surface area contributed by atoms with Gasteiger partial charge in [-0.1, -0.05) is 12.1 Å². The number of carbonyl (C=O) groups is 1. The van der Waals surface area contributed by atoms with E-state index in [0.717, 1.165) is 28.0 Å². The van der Waals surface area contributed by atoms with Crippen LogP contribution in [0.3, 0.4) is 0 Å². The second kappa shape index (κ2) is 6.13. The molecule has 1 amide bonds. The molecule has 2 aromatic heterocycles. The second-order valence-electron chi connectivity index (χ2n) is 6.09. The zero-order valence-electron chi connectivity index (χ0n) is 13.5. The molecule has 1 saturated heterocycles. The molecule has 4 rings (SSSR count). The smallest absolute Gasteiger partial charge is 0.227 e. The fraction of sp³-hybridized carbons (Fsp3) is 0.333. The minimum Gasteiger partial charge on any atom is -0.464 e. The van der Waals surface area contributed by atoms with Crippen molar-refractivity contribution >= 4 is 16.8 Å². The molecule has 6 heteroatoms. The van der Waals surface area contributed by atoms with Crippen LogP contribution >= 0.6 is 0 Å². The molecule has 3 aromatic rings. The van der Waals surface area contributed by atoms with Crippen molar-refractivity contribution < 1.29 is 13.9 Å². The largest absolute Gasteiger partial charge is 0.464 e. The summed E-state index contributed by atoms with van der Waals surface area (Å²) in [7, 11) is 0. The third kappa shape index (κ3) is 2.80. The SMILES string of the molecule is Cc1ccc(C2COCCN2C(=O)Cc2ccc3cn[nH]c3c2)o1. The number of hydrogen-bond donors (Lipinski definition) is 1. The number of aromatic amines is 1. The summed E-state index contributed by atoms with van der Waals surface area (Å²) in [4.78, 5) is 14.7. The molecular formula is C18H19N3O3. The molecular weight excluding hydrogens is 306 g/mol. The van der Waals surface area contributed by atoms with Crippen LogP contribution in [0.5, 0.6) is 0 Å². The van der Waals surface area contributed by atoms with Crippen LogP contribution in [0.2, 0.25) is 0 Å². The maximum Gasteiger partial charge on any atom is 0.227 e. The fourth-order valence-corrected chi connectivity index (χ4v) is 3.14. The van der Waals surface area contributed by atoms with Gasteiger partial charge in [0.25, 0.3) is 0 Å². The number of H-pyrrole nitrogens is 1. The van der Waals surface area contributed by atoms with Gasteiger partial charge in [-0.15, -0.1) is 0 Å². The van der Waals surface area contributed by atoms with Crippen LogP contribution in [-0.2, 0) is 16.0 Å². The van der Waals surface area contributed by atoms with Crippen LogP contribution in [0.4, 0.5) is 0 Å². The number of carbonyl (C=O) groups excluding carboxylic acids is 1. The summed E-state index contributed by atoms with van der Waals surface area (Å²) >= 11 is 0. The lowest BCUT2D eigenvalue weighted by Gasteiger charge is -2.34. The van der Waals surface area contributed by atoms with Gasteiger partial charge in [0, 0.05) is 11.9 Å². The third-order valence-corrected chi connectivity index (χ3v) is 4.40. The van der Waals surface area contributed by atoms with Crippen molar-refractivity contribution in [2.24, 2.45) is 0 Å². The molecule has 0 aliphatic carbocycles. The number of nitrogens with zero attached hydrogens (tertiary/aromatic N) is 2. The Balaban J connectivity index is 1.54. The first kappa shape index (κ1) is 15.0. The van der Waals surface area contributed by atoms with Gasteiger partial charge in [-0.2, -0.15) is 5.10 Å². The van der Waals surface area contributed by atoms with E-state index in [9.17, 15) is 4.79 Å². The summed E-state index contributed by atoms with van der Waals surface area (Å²) in [5, 5.41) is 8.00. The van der Waals surface area contributed by atoms with Gasteiger partial charge in [-0.3, -0.25) is 9.89 Å². The van der Waals surface area contributed by atoms with Crippen molar-refractivity contribution in [2.45, 2.75) is 19.4 Å². The van der Waals surface area contributed by atoms with Gasteiger partial charge >= 0.3 is 0 Å². The number of morpholine rings is 1. The van der Waals surface area contributed by atoms with Crippen molar-refractivity contribution in [1.82, 2.24) is 15.1 Å². The number of rotatable bonds is 3. The summed E-state index contributed by atoms with van der Waals surface area (Å²) in [5.74, 6) is 1.70. The van der Waals surface area contributed by atoms with Gasteiger partial charge < -0.3 is 14.1 Å². The van der Waals surface area contributed by atoms with E-state index >= 15 is 0 Å². The van der Waals surface area contributed by atoms with Crippen LogP contribution in [0, 0.1) is 6.92 Å². The molecule has 3 heterocycles. The highest BCUT2D eigenvalue weighted by Crippen LogP contribution is 2.27. The molecule has 1 aliphatic rings. The first-order valence-corrected chi connectivity index (χ1v) is 8.06. The van der Waals surface area contributed by atoms with E-state index in [1.54, 1.807) is 6.20 Å². The zero-order valence-corrected chi connectivity index (χ0v) is 13.5. The van der Waals surface area contributed by atoms with Gasteiger partial charge in [0.15, 0.2) is 0 Å². The molecule has 0 saturated carbocycles. The number of aryl methyl sites for hydroxylation is 1. The monoisotopic (exact) mass is 325 g/mol. The Morgan fingerprint density at radius 2 is 2.29 bits per heavy atom. The van der Waals surface area contributed by atoms with Gasteiger partial charge in [-0.25, -0.2) is 0 Å². The van der Waals surface area contributed by atoms with Gasteiger partial charge in [0.2, 0.25) is 5.91 Å². The van der Waals surface area contributed by atoms with Crippen LogP contribution in [-0.4, -0.2) is 40.8 Å². The molecule has 1 aliphatic heterocycles. The highest BCUT2D eigenvalue weighted by Gasteiger charge is 2.30. The van der Waals surface area contributed by atoms with Gasteiger partial charge in [0.05, 0.1) is 31.3 Å². The fourth-order valence-electron chi connectivity index (χ4n) is 3.14. The Hall–Kier alpha value is -2.60. The van der Waals surface area contributed by atoms with Crippen molar-refractivity contribution in [3.05, 3.63) is 53.6 Å². The molecule has 0 radical (unpaired) electrons. The van der Waals surface area contributed by atoms with E-state index in [-0.39, 0.29) is 11.9 Å². The first-order valence-electron chi connectivity index (χ1n) is 8.06. The van der Waals surface area contributed by atoms with Gasteiger partial charge in [0.1, 0.15) is 17.6 Å². The van der Waals surface area contributed by atoms with Crippen molar-refractivity contribution in [2.75, 3.05) is 19.8 Å². The molecule has 1 fully saturated rings. The molecule has 0 bridgehead atoms. The predicted octanol–water partition coefficient (Wildman–Crippen LogP) is 2.61. The first-order chi connectivity index (χ1) is 11.7. The molecule has 1 aromatic carbocycles. The lowest BCUT2D eigenvalue weighted by molar-refractivity contribution is -0.140. The topological polar surface area (TPSA) is 71.4 Å². The summed E-state index contributed by atoms with van der Waals surface area (Å²) < 4.78 is 11.3. The molecule has 1 unspecified atom stereocenters. The van der Waals surface area contributed by atoms with E-state index in [1.807, 2.05) is 42.2 Å². The van der Waals surface area contributed by atoms with Gasteiger partial charge in [-0.05, 0) is 30.7 Å². The normalized spacial score (nSPS) is 18.2. The van der Waals surface area contributed by atoms with Crippen molar-refractivity contribution in [1.29, 1.82) is 0 Å². The van der Waals surface area contributed by atoms with Crippen LogP contribution < -0.4 is 0 Å². The average Bonchev–Trinajstić information content (AvgIpc) is 3.23. The van der Waals surface area contributed by atoms with Crippen LogP contribution in [0.1, 0.15) is 23.1 Å². The second-order valence-corrected chi connectivity index (χ2v) is 6.09. The Labute approximate surface area is 139 Å². The highest BCUT2D eigenvalue weighted by molar-refractivity contribution is 5.83. The predicted molar refractivity (Wildman–Crippen MR) is 88.5 cm³/mol. The summed E-state index contributed by atoms with van der Waals surface area (Å²) in [6.07, 6.45) is 2.13. The molecule has 1 N–H and O–H groups in total. The number of amides is 1. The van der Waals surface area contributed by atoms with Crippen LogP contribution in [0.15, 0.2) is 40.9 Å². The van der Waals surface area contributed by atoms with E-state index in [4.69, 9.17) is 9.15 Å². The average molecular weight is 325 g/mol. The molecule has 0 spiro atoms. The standard InChI is InChI=1S/C18H19N3O3/c1-12-2-5-17(24-12)16-11-23-7-6-21(16)18(22)9-13-3-4-14-10-19-20-15(14)8-13/h2-5,8,10,16H,6-7,9,11H2,1H3,(H,19,20). The summed E-state index contributed by atoms with van der Waals surface area (Å²) in [6.45, 7) is 3.51. The summed E-state index contributed by atoms with van der Waals surface area (Å²) in [5.41, 5.74) is 1.91. The van der Waals surface area contributed by atoms with E-state index in [1.165, 1.54) is 0 Å². The number of furan rings is 1.